The summed E-state index contributed by atoms with van der Waals surface area (Å²) in [5.41, 5.74) is 4.91. The first-order chi connectivity index (χ1) is 5.72. The zero-order valence-electron chi connectivity index (χ0n) is 8.15. The lowest BCUT2D eigenvalue weighted by Gasteiger charge is -2.11. The maximum absolute atomic E-state index is 8.34. The Bertz CT molecular complexity index is 88.2. The van der Waals surface area contributed by atoms with Crippen LogP contribution in [0.1, 0.15) is 0 Å². The topological polar surface area (TPSA) is 69.7 Å². The minimum absolute atomic E-state index is 0. The number of aliphatic hydroxyl groups is 2. The zero-order chi connectivity index (χ0) is 9.82. The quantitative estimate of drug-likeness (QED) is 0.536. The maximum Gasteiger partial charge on any atom is 0.0558 e. The minimum Gasteiger partial charge on any atom is -0.395 e. The lowest BCUT2D eigenvalue weighted by molar-refractivity contribution is 0.184. The van der Waals surface area contributed by atoms with Gasteiger partial charge >= 0.3 is 0 Å². The van der Waals surface area contributed by atoms with Gasteiger partial charge in [-0.25, -0.2) is 0 Å². The molecule has 5 heteroatoms. The van der Waals surface area contributed by atoms with Gasteiger partial charge in [-0.05, 0) is 7.05 Å². The average molecular weight is 213 g/mol. The third-order valence-electron chi connectivity index (χ3n) is 1.13. The van der Waals surface area contributed by atoms with Crippen molar-refractivity contribution in [1.29, 1.82) is 0 Å². The van der Waals surface area contributed by atoms with Crippen LogP contribution in [0.4, 0.5) is 0 Å². The Labute approximate surface area is 86.5 Å². The number of nitrogens with zero attached hydrogens (tertiary/aromatic N) is 1. The highest BCUT2D eigenvalue weighted by Crippen LogP contribution is 1.76. The Morgan fingerprint density at radius 1 is 1.31 bits per heavy atom. The molecule has 0 saturated heterocycles. The van der Waals surface area contributed by atoms with Crippen molar-refractivity contribution in [3.05, 3.63) is 12.7 Å². The van der Waals surface area contributed by atoms with Gasteiger partial charge in [0.2, 0.25) is 0 Å². The van der Waals surface area contributed by atoms with Crippen LogP contribution in [0.2, 0.25) is 0 Å². The van der Waals surface area contributed by atoms with Crippen LogP contribution in [0.25, 0.3) is 0 Å². The largest absolute Gasteiger partial charge is 0.395 e. The van der Waals surface area contributed by atoms with E-state index >= 15 is 0 Å². The van der Waals surface area contributed by atoms with Gasteiger partial charge in [0, 0.05) is 19.6 Å². The lowest BCUT2D eigenvalue weighted by atomic mass is 10.5. The molecular formula is C8H21ClN2O2. The number of nitrogens with two attached hydrogens (primary N) is 1. The molecule has 0 aromatic rings. The van der Waals surface area contributed by atoms with Crippen molar-refractivity contribution in [2.24, 2.45) is 5.73 Å². The van der Waals surface area contributed by atoms with Crippen LogP contribution in [-0.2, 0) is 0 Å². The van der Waals surface area contributed by atoms with Crippen molar-refractivity contribution >= 4 is 12.4 Å². The third kappa shape index (κ3) is 24.5. The smallest absolute Gasteiger partial charge is 0.0558 e. The van der Waals surface area contributed by atoms with E-state index in [4.69, 9.17) is 15.9 Å². The molecule has 0 radical (unpaired) electrons. The Kier molecular flexibility index (Phi) is 25.5. The molecule has 82 valence electrons. The summed E-state index contributed by atoms with van der Waals surface area (Å²) in [6, 6.07) is 0. The van der Waals surface area contributed by atoms with Crippen LogP contribution in [0.15, 0.2) is 12.7 Å². The molecule has 0 aromatic heterocycles. The van der Waals surface area contributed by atoms with E-state index in [9.17, 15) is 0 Å². The Morgan fingerprint density at radius 3 is 1.77 bits per heavy atom. The first-order valence-corrected chi connectivity index (χ1v) is 3.94. The molecule has 13 heavy (non-hydrogen) atoms. The molecule has 0 amide bonds. The third-order valence-corrected chi connectivity index (χ3v) is 1.13. The fraction of sp³-hybridized carbons (Fsp3) is 0.750. The highest BCUT2D eigenvalue weighted by Gasteiger charge is 1.91. The van der Waals surface area contributed by atoms with E-state index in [2.05, 4.69) is 6.58 Å². The first-order valence-electron chi connectivity index (χ1n) is 3.94. The summed E-state index contributed by atoms with van der Waals surface area (Å²) in [6.07, 6.45) is 1.65. The molecule has 4 N–H and O–H groups in total. The Balaban J connectivity index is -0.000000173. The predicted octanol–water partition coefficient (Wildman–Crippen LogP) is -0.544. The van der Waals surface area contributed by atoms with E-state index in [-0.39, 0.29) is 25.6 Å². The summed E-state index contributed by atoms with van der Waals surface area (Å²) in [5.74, 6) is 0. The summed E-state index contributed by atoms with van der Waals surface area (Å²) < 4.78 is 0. The number of halogens is 1. The zero-order valence-corrected chi connectivity index (χ0v) is 8.96. The molecule has 0 heterocycles. The molecule has 0 aliphatic rings. The van der Waals surface area contributed by atoms with Crippen molar-refractivity contribution < 1.29 is 10.2 Å². The van der Waals surface area contributed by atoms with E-state index in [1.807, 2.05) is 11.9 Å². The minimum atomic E-state index is 0. The van der Waals surface area contributed by atoms with Crippen molar-refractivity contribution in [1.82, 2.24) is 4.90 Å². The van der Waals surface area contributed by atoms with Gasteiger partial charge in [0.15, 0.2) is 0 Å². The molecule has 0 atom stereocenters. The van der Waals surface area contributed by atoms with E-state index in [1.165, 1.54) is 0 Å². The number of hydrogen-bond donors (Lipinski definition) is 3. The van der Waals surface area contributed by atoms with Gasteiger partial charge < -0.3 is 20.8 Å². The number of likely N-dealkylation sites (N-methyl/N-ethyl adjacent to an activating group) is 1. The van der Waals surface area contributed by atoms with Gasteiger partial charge in [0.1, 0.15) is 0 Å². The molecule has 0 aliphatic carbocycles. The fourth-order valence-electron chi connectivity index (χ4n) is 0.453. The number of hydrogen-bond acceptors (Lipinski definition) is 4. The number of aliphatic hydroxyl groups excluding tert-OH is 2. The summed E-state index contributed by atoms with van der Waals surface area (Å²) >= 11 is 0. The van der Waals surface area contributed by atoms with Crippen LogP contribution in [0, 0.1) is 0 Å². The van der Waals surface area contributed by atoms with Crippen LogP contribution in [-0.4, -0.2) is 55.0 Å². The standard InChI is InChI=1S/C5H13NO2.C3H7N.ClH/c1-6(2-4-7)3-5-8;1-2-3-4;/h7-8H,2-5H2,1H3;2H,1,3-4H2;1H. The van der Waals surface area contributed by atoms with E-state index in [1.54, 1.807) is 6.08 Å². The SMILES string of the molecule is C=CCN.CN(CCO)CCO.Cl. The van der Waals surface area contributed by atoms with Gasteiger partial charge in [-0.2, -0.15) is 0 Å². The molecular weight excluding hydrogens is 192 g/mol. The van der Waals surface area contributed by atoms with E-state index in [0.29, 0.717) is 19.6 Å². The summed E-state index contributed by atoms with van der Waals surface area (Å²) in [5, 5.41) is 16.7. The highest BCUT2D eigenvalue weighted by atomic mass is 35.5. The molecule has 4 nitrogen and oxygen atoms in total. The lowest BCUT2D eigenvalue weighted by Crippen LogP contribution is -2.25. The molecule has 0 bridgehead atoms. The van der Waals surface area contributed by atoms with Crippen LogP contribution in [0.5, 0.6) is 0 Å². The highest BCUT2D eigenvalue weighted by molar-refractivity contribution is 5.85. The molecule has 0 aromatic carbocycles. The molecule has 0 rings (SSSR count). The first kappa shape index (κ1) is 18.6. The average Bonchev–Trinajstić information content (AvgIpc) is 2.06. The maximum atomic E-state index is 8.34. The molecule has 0 aliphatic heterocycles. The second-order valence-corrected chi connectivity index (χ2v) is 2.27. The van der Waals surface area contributed by atoms with Gasteiger partial charge in [0.05, 0.1) is 13.2 Å². The summed E-state index contributed by atoms with van der Waals surface area (Å²) in [7, 11) is 1.85. The summed E-state index contributed by atoms with van der Waals surface area (Å²) in [6.45, 7) is 5.54. The molecule has 0 fully saturated rings. The van der Waals surface area contributed by atoms with Crippen LogP contribution in [0.3, 0.4) is 0 Å². The molecule has 0 unspecified atom stereocenters. The Morgan fingerprint density at radius 2 is 1.62 bits per heavy atom. The predicted molar refractivity (Wildman–Crippen MR) is 58.2 cm³/mol. The van der Waals surface area contributed by atoms with Gasteiger partial charge in [-0.15, -0.1) is 19.0 Å². The fourth-order valence-corrected chi connectivity index (χ4v) is 0.453. The van der Waals surface area contributed by atoms with Gasteiger partial charge in [-0.1, -0.05) is 6.08 Å². The summed E-state index contributed by atoms with van der Waals surface area (Å²) in [4.78, 5) is 1.86. The second kappa shape index (κ2) is 17.8. The second-order valence-electron chi connectivity index (χ2n) is 2.27. The normalized spacial score (nSPS) is 8.38. The van der Waals surface area contributed by atoms with Gasteiger partial charge in [-0.3, -0.25) is 0 Å². The monoisotopic (exact) mass is 212 g/mol. The molecule has 0 spiro atoms. The van der Waals surface area contributed by atoms with E-state index < -0.39 is 0 Å². The van der Waals surface area contributed by atoms with Crippen molar-refractivity contribution in [2.45, 2.75) is 0 Å². The number of rotatable bonds is 5. The van der Waals surface area contributed by atoms with Crippen LogP contribution >= 0.6 is 12.4 Å². The van der Waals surface area contributed by atoms with Crippen molar-refractivity contribution in [3.63, 3.8) is 0 Å². The van der Waals surface area contributed by atoms with Gasteiger partial charge in [0.25, 0.3) is 0 Å². The van der Waals surface area contributed by atoms with E-state index in [0.717, 1.165) is 0 Å². The van der Waals surface area contributed by atoms with Crippen LogP contribution < -0.4 is 5.73 Å². The molecule has 0 saturated carbocycles. The Hall–Kier alpha value is -0.130. The van der Waals surface area contributed by atoms with Crippen molar-refractivity contribution in [3.8, 4) is 0 Å². The van der Waals surface area contributed by atoms with Crippen molar-refractivity contribution in [2.75, 3.05) is 39.9 Å².